The number of aldehydes is 1. The van der Waals surface area contributed by atoms with Crippen LogP contribution >= 0.6 is 0 Å². The van der Waals surface area contributed by atoms with Crippen molar-refractivity contribution in [1.29, 1.82) is 0 Å². The van der Waals surface area contributed by atoms with Crippen LogP contribution in [0, 0.1) is 0 Å². The molecule has 0 aliphatic carbocycles. The molecule has 22 heteroatoms. The summed E-state index contributed by atoms with van der Waals surface area (Å²) in [5.74, 6) is -1.74. The molecule has 3 aromatic rings. The molecular formula is C46H70BN9NaO11. The Balaban J connectivity index is 0.000000832. The van der Waals surface area contributed by atoms with E-state index < -0.39 is 29.1 Å². The first-order valence-corrected chi connectivity index (χ1v) is 21.9. The molecule has 3 atom stereocenters. The van der Waals surface area contributed by atoms with Gasteiger partial charge >= 0.3 is 53.7 Å². The molecule has 5 N–H and O–H groups in total. The summed E-state index contributed by atoms with van der Waals surface area (Å²) in [5.41, 5.74) is 7.64. The molecule has 3 aromatic heterocycles. The molecule has 68 heavy (non-hydrogen) atoms. The van der Waals surface area contributed by atoms with E-state index in [-0.39, 0.29) is 53.8 Å². The number of nitrogens with one attached hydrogen (secondary N) is 3. The molecule has 6 heterocycles. The molecule has 3 aliphatic heterocycles. The second-order valence-corrected chi connectivity index (χ2v) is 17.3. The van der Waals surface area contributed by atoms with Gasteiger partial charge in [-0.1, -0.05) is 18.2 Å². The minimum Gasteiger partial charge on any atom is -0.793 e. The van der Waals surface area contributed by atoms with Crippen LogP contribution in [0.2, 0.25) is 0 Å². The number of nitrogens with zero attached hydrogens (tertiary/aromatic N) is 5. The van der Waals surface area contributed by atoms with Gasteiger partial charge in [0.05, 0.1) is 11.4 Å². The molecular weight excluding hydrogens is 888 g/mol. The number of nitrogens with two attached hydrogens (primary N) is 1. The second kappa shape index (κ2) is 35.1. The van der Waals surface area contributed by atoms with Gasteiger partial charge in [0.15, 0.2) is 6.29 Å². The number of hydrogen-bond donors (Lipinski definition) is 4. The van der Waals surface area contributed by atoms with Gasteiger partial charge in [-0.2, -0.15) is 0 Å². The first kappa shape index (κ1) is 63.0. The number of carbonyl (C=O) groups excluding carboxylic acids is 6. The van der Waals surface area contributed by atoms with Gasteiger partial charge < -0.3 is 43.9 Å². The molecule has 0 aromatic carbocycles. The van der Waals surface area contributed by atoms with Crippen molar-refractivity contribution in [2.45, 2.75) is 124 Å². The molecule has 2 amide bonds. The van der Waals surface area contributed by atoms with Crippen LogP contribution in [0.3, 0.4) is 0 Å². The topological polar surface area (TPSA) is 256 Å². The van der Waals surface area contributed by atoms with Gasteiger partial charge in [-0.3, -0.25) is 34.3 Å². The standard InChI is InChI=1S/C15H23N3O2.C10H15N3.C9H18N2O2.C6H5NO.C4H6O4.C2H3BO2.Na/c1-15(2,3)20-14(19)17-13-7-9-18(11-13)10-12-6-4-5-8-16-12;11-9-4-6-13(7-9)8-10-3-1-2-5-12-10;1-9(2,3)13-8(12)11-7-4-5-10-6-7;8-5-6-3-1-2-4-7-6;1-3(5)7-8-4(2)6;1-2(4)5-3;/h4-6,8,13H,7,9-11H2,1-3H3,(H,17,19);1-3,5,9H,4,6-8,11H2;7,10H,4-6H2,1-3H3,(H,11,12);1-5H;1-2H3;1H3;/q;;;;;-1;+1. The van der Waals surface area contributed by atoms with E-state index in [1.54, 1.807) is 24.4 Å². The summed E-state index contributed by atoms with van der Waals surface area (Å²) in [6.45, 7) is 22.2. The van der Waals surface area contributed by atoms with E-state index in [2.05, 4.69) is 69.2 Å². The third-order valence-electron chi connectivity index (χ3n) is 8.56. The fourth-order valence-electron chi connectivity index (χ4n) is 5.83. The number of rotatable bonds is 7. The van der Waals surface area contributed by atoms with Crippen LogP contribution in [-0.4, -0.2) is 138 Å². The second-order valence-electron chi connectivity index (χ2n) is 17.3. The van der Waals surface area contributed by atoms with Crippen LogP contribution in [0.25, 0.3) is 0 Å². The summed E-state index contributed by atoms with van der Waals surface area (Å²) in [6.07, 6.45) is 8.36. The average molecular weight is 959 g/mol. The van der Waals surface area contributed by atoms with E-state index in [0.29, 0.717) is 11.7 Å². The predicted octanol–water partition coefficient (Wildman–Crippen LogP) is 1.23. The maximum absolute atomic E-state index is 11.7. The van der Waals surface area contributed by atoms with Gasteiger partial charge in [0.1, 0.15) is 16.9 Å². The number of alkyl carbamates (subject to hydrolysis) is 2. The van der Waals surface area contributed by atoms with Crippen LogP contribution in [0.15, 0.2) is 73.2 Å². The molecule has 0 bridgehead atoms. The molecule has 0 spiro atoms. The summed E-state index contributed by atoms with van der Waals surface area (Å²) < 4.78 is 14.0. The van der Waals surface area contributed by atoms with Gasteiger partial charge in [-0.25, -0.2) is 29.0 Å². The molecule has 3 unspecified atom stereocenters. The Morgan fingerprint density at radius 2 is 1.16 bits per heavy atom. The zero-order valence-electron chi connectivity index (χ0n) is 41.4. The molecule has 6 rings (SSSR count). The minimum atomic E-state index is -0.639. The zero-order valence-corrected chi connectivity index (χ0v) is 43.4. The zero-order chi connectivity index (χ0) is 50.3. The number of pyridine rings is 3. The summed E-state index contributed by atoms with van der Waals surface area (Å²) in [7, 11) is 4.32. The third kappa shape index (κ3) is 35.2. The van der Waals surface area contributed by atoms with Crippen LogP contribution in [0.4, 0.5) is 9.59 Å². The number of aromatic nitrogens is 3. The van der Waals surface area contributed by atoms with Crippen LogP contribution in [0.5, 0.6) is 0 Å². The molecule has 3 saturated heterocycles. The number of ether oxygens (including phenoxy) is 2. The normalized spacial score (nSPS) is 17.1. The number of carbonyl (C=O) groups is 6. The Bertz CT molecular complexity index is 1860. The summed E-state index contributed by atoms with van der Waals surface area (Å²) in [6, 6.07) is 17.9. The minimum absolute atomic E-state index is 0. The summed E-state index contributed by atoms with van der Waals surface area (Å²) >= 11 is 0. The molecule has 3 radical (unpaired) electrons. The van der Waals surface area contributed by atoms with E-state index in [0.717, 1.165) is 103 Å². The Hall–Kier alpha value is -5.03. The first-order valence-electron chi connectivity index (χ1n) is 21.9. The largest absolute Gasteiger partial charge is 1.00 e. The fourth-order valence-corrected chi connectivity index (χ4v) is 5.83. The number of amides is 2. The number of hydrogen-bond acceptors (Lipinski definition) is 18. The van der Waals surface area contributed by atoms with E-state index in [9.17, 15) is 28.8 Å². The van der Waals surface area contributed by atoms with Gasteiger partial charge in [0.2, 0.25) is 5.97 Å². The predicted molar refractivity (Wildman–Crippen MR) is 251 cm³/mol. The monoisotopic (exact) mass is 959 g/mol. The molecule has 0 saturated carbocycles. The first-order chi connectivity index (χ1) is 31.6. The Kier molecular flexibility index (Phi) is 32.5. The third-order valence-corrected chi connectivity index (χ3v) is 8.56. The number of likely N-dealkylation sites (tertiary alicyclic amines) is 2. The Morgan fingerprint density at radius 3 is 1.50 bits per heavy atom. The Morgan fingerprint density at radius 1 is 0.706 bits per heavy atom. The van der Waals surface area contributed by atoms with Gasteiger partial charge in [-0.15, -0.1) is 0 Å². The SMILES string of the molecule is CC(=O)OOC(C)=O.CC(C)(C)OC(=O)NC1CCN(Cc2ccccn2)C1.CC(C)(C)OC(=O)NC1CCNC1.NC1CCN(Cc2ccccn2)C1.O=Cc1ccccn1.[B-]OC(C)=O.[Na+]. The summed E-state index contributed by atoms with van der Waals surface area (Å²) in [4.78, 5) is 86.7. The van der Waals surface area contributed by atoms with Crippen molar-refractivity contribution in [2.24, 2.45) is 5.73 Å². The fraction of sp³-hybridized carbons (Fsp3) is 0.543. The quantitative estimate of drug-likeness (QED) is 0.112. The van der Waals surface area contributed by atoms with Crippen LogP contribution < -0.4 is 51.2 Å². The molecule has 3 fully saturated rings. The van der Waals surface area contributed by atoms with Crippen LogP contribution in [0.1, 0.15) is 103 Å². The maximum atomic E-state index is 11.7. The van der Waals surface area contributed by atoms with Crippen molar-refractivity contribution in [3.63, 3.8) is 0 Å². The maximum Gasteiger partial charge on any atom is 1.00 e. The molecule has 3 aliphatic rings. The van der Waals surface area contributed by atoms with Crippen molar-refractivity contribution < 1.29 is 82.2 Å². The van der Waals surface area contributed by atoms with E-state index in [1.165, 1.54) is 6.92 Å². The Labute approximate surface area is 424 Å². The molecule has 20 nitrogen and oxygen atoms in total. The van der Waals surface area contributed by atoms with Crippen molar-refractivity contribution in [2.75, 3.05) is 39.3 Å². The van der Waals surface area contributed by atoms with E-state index in [1.807, 2.05) is 84.3 Å². The van der Waals surface area contributed by atoms with Crippen LogP contribution in [-0.2, 0) is 51.4 Å². The average Bonchev–Trinajstić information content (AvgIpc) is 4.04. The van der Waals surface area contributed by atoms with Gasteiger partial charge in [0, 0.05) is 103 Å². The van der Waals surface area contributed by atoms with Gasteiger partial charge in [-0.05, 0) is 104 Å². The smallest absolute Gasteiger partial charge is 0.793 e. The van der Waals surface area contributed by atoms with Crippen molar-refractivity contribution in [3.8, 4) is 0 Å². The van der Waals surface area contributed by atoms with Gasteiger partial charge in [0.25, 0.3) is 0 Å². The van der Waals surface area contributed by atoms with Crippen molar-refractivity contribution in [3.05, 3.63) is 90.3 Å². The molecule has 369 valence electrons. The summed E-state index contributed by atoms with van der Waals surface area (Å²) in [5, 5.41) is 8.91. The van der Waals surface area contributed by atoms with E-state index in [4.69, 9.17) is 15.2 Å². The van der Waals surface area contributed by atoms with E-state index >= 15 is 0 Å². The van der Waals surface area contributed by atoms with Crippen molar-refractivity contribution in [1.82, 2.24) is 40.7 Å². The van der Waals surface area contributed by atoms with Crippen molar-refractivity contribution >= 4 is 44.4 Å².